The Labute approximate surface area is 97.1 Å². The zero-order valence-corrected chi connectivity index (χ0v) is 9.77. The van der Waals surface area contributed by atoms with Crippen LogP contribution in [0.5, 0.6) is 0 Å². The Kier molecular flexibility index (Phi) is 2.81. The maximum Gasteiger partial charge on any atom is 0.246 e. The number of nitrogens with one attached hydrogen (secondary N) is 2. The van der Waals surface area contributed by atoms with E-state index < -0.39 is 10.0 Å². The molecule has 0 aliphatic carbocycles. The molecule has 2 rings (SSSR count). The summed E-state index contributed by atoms with van der Waals surface area (Å²) in [5.41, 5.74) is 5.43. The highest BCUT2D eigenvalue weighted by molar-refractivity contribution is 7.89. The third kappa shape index (κ3) is 2.42. The molecule has 9 nitrogen and oxygen atoms in total. The summed E-state index contributed by atoms with van der Waals surface area (Å²) in [5, 5.41) is 9.83. The summed E-state index contributed by atoms with van der Waals surface area (Å²) in [7, 11) is -2.00. The van der Waals surface area contributed by atoms with Crippen molar-refractivity contribution in [3.05, 3.63) is 18.3 Å². The molecule has 2 aromatic rings. The lowest BCUT2D eigenvalue weighted by Crippen LogP contribution is -2.24. The summed E-state index contributed by atoms with van der Waals surface area (Å²) in [6, 6.07) is 0. The van der Waals surface area contributed by atoms with E-state index in [1.165, 1.54) is 11.0 Å². The van der Waals surface area contributed by atoms with Crippen LogP contribution in [0, 0.1) is 0 Å². The quantitative estimate of drug-likeness (QED) is 0.617. The minimum absolute atomic E-state index is 0.00616. The predicted octanol–water partition coefficient (Wildman–Crippen LogP) is -1.40. The van der Waals surface area contributed by atoms with Gasteiger partial charge in [-0.1, -0.05) is 0 Å². The van der Waals surface area contributed by atoms with E-state index in [2.05, 4.69) is 25.0 Å². The standard InChI is InChI=1S/C7H11N7O2S/c1-14-4-9-6(13-14)3-11-17(15,16)5-2-10-12-7(5)8/h2,4,11H,3H2,1H3,(H3,8,10,12). The van der Waals surface area contributed by atoms with Crippen LogP contribution in [0.3, 0.4) is 0 Å². The van der Waals surface area contributed by atoms with Crippen molar-refractivity contribution < 1.29 is 8.42 Å². The number of nitrogens with two attached hydrogens (primary N) is 1. The zero-order chi connectivity index (χ0) is 12.5. The highest BCUT2D eigenvalue weighted by Gasteiger charge is 2.19. The second-order valence-corrected chi connectivity index (χ2v) is 5.04. The fourth-order valence-electron chi connectivity index (χ4n) is 1.20. The normalized spacial score (nSPS) is 11.8. The Morgan fingerprint density at radius 1 is 1.59 bits per heavy atom. The summed E-state index contributed by atoms with van der Waals surface area (Å²) >= 11 is 0. The highest BCUT2D eigenvalue weighted by atomic mass is 32.2. The molecular formula is C7H11N7O2S. The van der Waals surface area contributed by atoms with Gasteiger partial charge in [-0.05, 0) is 0 Å². The van der Waals surface area contributed by atoms with Gasteiger partial charge in [-0.15, -0.1) is 0 Å². The van der Waals surface area contributed by atoms with Crippen molar-refractivity contribution in [2.24, 2.45) is 7.05 Å². The van der Waals surface area contributed by atoms with E-state index in [-0.39, 0.29) is 17.3 Å². The number of aromatic nitrogens is 5. The molecule has 0 bridgehead atoms. The topological polar surface area (TPSA) is 132 Å². The Bertz CT molecular complexity index is 614. The number of aryl methyl sites for hydroxylation is 1. The van der Waals surface area contributed by atoms with Crippen LogP contribution in [0.15, 0.2) is 17.4 Å². The van der Waals surface area contributed by atoms with E-state index in [1.807, 2.05) is 0 Å². The number of aromatic amines is 1. The first-order valence-corrected chi connectivity index (χ1v) is 6.10. The summed E-state index contributed by atoms with van der Waals surface area (Å²) in [6.07, 6.45) is 2.62. The van der Waals surface area contributed by atoms with Crippen LogP contribution < -0.4 is 10.5 Å². The van der Waals surface area contributed by atoms with E-state index in [0.29, 0.717) is 5.82 Å². The zero-order valence-electron chi connectivity index (χ0n) is 8.95. The minimum Gasteiger partial charge on any atom is -0.383 e. The molecule has 2 heterocycles. The van der Waals surface area contributed by atoms with Crippen LogP contribution in [0.1, 0.15) is 5.82 Å². The number of hydrogen-bond donors (Lipinski definition) is 3. The number of anilines is 1. The Morgan fingerprint density at radius 2 is 2.35 bits per heavy atom. The average Bonchev–Trinajstić information content (AvgIpc) is 2.85. The van der Waals surface area contributed by atoms with Gasteiger partial charge in [0.05, 0.1) is 12.7 Å². The molecular weight excluding hydrogens is 246 g/mol. The molecule has 17 heavy (non-hydrogen) atoms. The summed E-state index contributed by atoms with van der Waals surface area (Å²) < 4.78 is 27.4. The molecule has 0 aromatic carbocycles. The van der Waals surface area contributed by atoms with Crippen LogP contribution in [0.2, 0.25) is 0 Å². The van der Waals surface area contributed by atoms with Crippen molar-refractivity contribution >= 4 is 15.8 Å². The van der Waals surface area contributed by atoms with Gasteiger partial charge >= 0.3 is 0 Å². The van der Waals surface area contributed by atoms with E-state index in [0.717, 1.165) is 6.20 Å². The Balaban J connectivity index is 2.11. The van der Waals surface area contributed by atoms with Crippen molar-refractivity contribution in [1.29, 1.82) is 0 Å². The summed E-state index contributed by atoms with van der Waals surface area (Å²) in [4.78, 5) is 3.80. The van der Waals surface area contributed by atoms with Crippen LogP contribution >= 0.6 is 0 Å². The molecule has 0 aliphatic heterocycles. The van der Waals surface area contributed by atoms with Crippen molar-refractivity contribution in [2.45, 2.75) is 11.4 Å². The molecule has 0 atom stereocenters. The van der Waals surface area contributed by atoms with Crippen molar-refractivity contribution in [2.75, 3.05) is 5.73 Å². The second kappa shape index (κ2) is 4.14. The number of nitrogen functional groups attached to an aromatic ring is 1. The maximum absolute atomic E-state index is 11.8. The molecule has 2 aromatic heterocycles. The van der Waals surface area contributed by atoms with E-state index in [4.69, 9.17) is 5.73 Å². The third-order valence-electron chi connectivity index (χ3n) is 1.99. The van der Waals surface area contributed by atoms with Gasteiger partial charge in [-0.25, -0.2) is 18.1 Å². The number of H-pyrrole nitrogens is 1. The first kappa shape index (κ1) is 11.5. The predicted molar refractivity (Wildman–Crippen MR) is 58.0 cm³/mol. The van der Waals surface area contributed by atoms with E-state index in [1.54, 1.807) is 7.05 Å². The molecule has 0 saturated carbocycles. The molecule has 0 aliphatic rings. The molecule has 92 valence electrons. The lowest BCUT2D eigenvalue weighted by molar-refractivity contribution is 0.579. The summed E-state index contributed by atoms with van der Waals surface area (Å²) in [6.45, 7) is -0.00616. The van der Waals surface area contributed by atoms with Crippen LogP contribution in [-0.2, 0) is 23.6 Å². The highest BCUT2D eigenvalue weighted by Crippen LogP contribution is 2.13. The van der Waals surface area contributed by atoms with Gasteiger partial charge in [0, 0.05) is 7.05 Å². The van der Waals surface area contributed by atoms with Crippen molar-refractivity contribution in [3.8, 4) is 0 Å². The average molecular weight is 257 g/mol. The fourth-order valence-corrected chi connectivity index (χ4v) is 2.20. The molecule has 0 spiro atoms. The lowest BCUT2D eigenvalue weighted by Gasteiger charge is -2.02. The van der Waals surface area contributed by atoms with Gasteiger partial charge in [0.1, 0.15) is 17.0 Å². The number of sulfonamides is 1. The Hall–Kier alpha value is -1.94. The van der Waals surface area contributed by atoms with Crippen LogP contribution in [-0.4, -0.2) is 33.4 Å². The van der Waals surface area contributed by atoms with Gasteiger partial charge in [-0.3, -0.25) is 9.78 Å². The number of hydrogen-bond acceptors (Lipinski definition) is 6. The van der Waals surface area contributed by atoms with Gasteiger partial charge in [0.2, 0.25) is 10.0 Å². The monoisotopic (exact) mass is 257 g/mol. The summed E-state index contributed by atoms with van der Waals surface area (Å²) in [5.74, 6) is 0.365. The van der Waals surface area contributed by atoms with E-state index >= 15 is 0 Å². The van der Waals surface area contributed by atoms with Gasteiger partial charge in [0.25, 0.3) is 0 Å². The van der Waals surface area contributed by atoms with Crippen molar-refractivity contribution in [1.82, 2.24) is 29.7 Å². The molecule has 4 N–H and O–H groups in total. The molecule has 0 unspecified atom stereocenters. The maximum atomic E-state index is 11.8. The number of rotatable bonds is 4. The van der Waals surface area contributed by atoms with Gasteiger partial charge in [0.15, 0.2) is 5.82 Å². The molecule has 0 saturated heterocycles. The third-order valence-corrected chi connectivity index (χ3v) is 3.42. The van der Waals surface area contributed by atoms with Gasteiger partial charge in [-0.2, -0.15) is 10.2 Å². The SMILES string of the molecule is Cn1cnc(CNS(=O)(=O)c2cn[nH]c2N)n1. The minimum atomic E-state index is -3.69. The van der Waals surface area contributed by atoms with Gasteiger partial charge < -0.3 is 5.73 Å². The largest absolute Gasteiger partial charge is 0.383 e. The first-order chi connectivity index (χ1) is 7.99. The molecule has 0 amide bonds. The lowest BCUT2D eigenvalue weighted by atomic mass is 10.6. The van der Waals surface area contributed by atoms with Crippen LogP contribution in [0.25, 0.3) is 0 Å². The fraction of sp³-hybridized carbons (Fsp3) is 0.286. The molecule has 0 fully saturated rings. The van der Waals surface area contributed by atoms with Crippen molar-refractivity contribution in [3.63, 3.8) is 0 Å². The number of nitrogens with zero attached hydrogens (tertiary/aromatic N) is 4. The molecule has 10 heteroatoms. The molecule has 0 radical (unpaired) electrons. The van der Waals surface area contributed by atoms with Crippen LogP contribution in [0.4, 0.5) is 5.82 Å². The first-order valence-electron chi connectivity index (χ1n) is 4.62. The smallest absolute Gasteiger partial charge is 0.246 e. The Morgan fingerprint density at radius 3 is 2.88 bits per heavy atom. The van der Waals surface area contributed by atoms with E-state index in [9.17, 15) is 8.42 Å². The second-order valence-electron chi connectivity index (χ2n) is 3.31.